The van der Waals surface area contributed by atoms with Gasteiger partial charge < -0.3 is 5.11 Å². The molecule has 0 spiro atoms. The zero-order chi connectivity index (χ0) is 10.1. The minimum absolute atomic E-state index is 0.223. The van der Waals surface area contributed by atoms with E-state index in [2.05, 4.69) is 11.0 Å². The molecule has 1 aliphatic carbocycles. The van der Waals surface area contributed by atoms with Crippen molar-refractivity contribution in [3.05, 3.63) is 0 Å². The summed E-state index contributed by atoms with van der Waals surface area (Å²) < 4.78 is 0. The second-order valence-corrected chi connectivity index (χ2v) is 4.26. The maximum absolute atomic E-state index is 10.4. The second-order valence-electron chi connectivity index (χ2n) is 4.26. The van der Waals surface area contributed by atoms with Crippen LogP contribution in [0, 0.1) is 23.2 Å². The van der Waals surface area contributed by atoms with Crippen LogP contribution < -0.4 is 0 Å². The number of aliphatic carboxylic acids is 1. The van der Waals surface area contributed by atoms with Gasteiger partial charge in [0.05, 0.1) is 18.4 Å². The number of nitriles is 1. The van der Waals surface area contributed by atoms with E-state index >= 15 is 0 Å². The van der Waals surface area contributed by atoms with Crippen molar-refractivity contribution in [3.63, 3.8) is 0 Å². The van der Waals surface area contributed by atoms with Crippen LogP contribution in [0.2, 0.25) is 0 Å². The SMILES string of the molecule is N#CC1CC2CC1CN2CCC(=O)O. The number of carboxylic acids is 1. The van der Waals surface area contributed by atoms with Gasteiger partial charge in [0.15, 0.2) is 0 Å². The summed E-state index contributed by atoms with van der Waals surface area (Å²) in [5.74, 6) is -0.00974. The summed E-state index contributed by atoms with van der Waals surface area (Å²) >= 11 is 0. The topological polar surface area (TPSA) is 64.3 Å². The molecule has 76 valence electrons. The predicted octanol–water partition coefficient (Wildman–Crippen LogP) is 0.695. The Bertz CT molecular complexity index is 284. The van der Waals surface area contributed by atoms with Crippen molar-refractivity contribution < 1.29 is 9.90 Å². The van der Waals surface area contributed by atoms with E-state index in [1.165, 1.54) is 0 Å². The van der Waals surface area contributed by atoms with Crippen LogP contribution >= 0.6 is 0 Å². The summed E-state index contributed by atoms with van der Waals surface area (Å²) in [7, 11) is 0. The number of fused-ring (bicyclic) bond motifs is 2. The minimum Gasteiger partial charge on any atom is -0.481 e. The Hall–Kier alpha value is -1.08. The highest BCUT2D eigenvalue weighted by Gasteiger charge is 2.44. The molecule has 2 aliphatic rings. The molecule has 1 aliphatic heterocycles. The highest BCUT2D eigenvalue weighted by Crippen LogP contribution is 2.41. The normalized spacial score (nSPS) is 35.8. The van der Waals surface area contributed by atoms with Crippen molar-refractivity contribution in [3.8, 4) is 6.07 Å². The maximum Gasteiger partial charge on any atom is 0.304 e. The summed E-state index contributed by atoms with van der Waals surface area (Å²) in [6.07, 6.45) is 2.26. The lowest BCUT2D eigenvalue weighted by atomic mass is 9.96. The van der Waals surface area contributed by atoms with Crippen molar-refractivity contribution in [1.29, 1.82) is 5.26 Å². The molecule has 0 aromatic rings. The fraction of sp³-hybridized carbons (Fsp3) is 0.800. The molecule has 2 fully saturated rings. The second kappa shape index (κ2) is 3.58. The van der Waals surface area contributed by atoms with Crippen molar-refractivity contribution >= 4 is 5.97 Å². The van der Waals surface area contributed by atoms with E-state index in [-0.39, 0.29) is 12.3 Å². The lowest BCUT2D eigenvalue weighted by molar-refractivity contribution is -0.137. The zero-order valence-corrected chi connectivity index (χ0v) is 8.02. The minimum atomic E-state index is -0.732. The fourth-order valence-corrected chi connectivity index (χ4v) is 2.72. The fourth-order valence-electron chi connectivity index (χ4n) is 2.72. The molecule has 0 amide bonds. The first-order valence-corrected chi connectivity index (χ1v) is 5.06. The van der Waals surface area contributed by atoms with Gasteiger partial charge in [-0.05, 0) is 18.8 Å². The lowest BCUT2D eigenvalue weighted by Gasteiger charge is -2.28. The molecule has 0 aromatic carbocycles. The van der Waals surface area contributed by atoms with Gasteiger partial charge in [-0.15, -0.1) is 0 Å². The summed E-state index contributed by atoms with van der Waals surface area (Å²) in [5, 5.41) is 17.4. The van der Waals surface area contributed by atoms with Crippen LogP contribution in [0.3, 0.4) is 0 Å². The standard InChI is InChI=1S/C10H14N2O2/c11-5-7-3-9-4-8(7)6-12(9)2-1-10(13)14/h7-9H,1-4,6H2,(H,13,14). The Balaban J connectivity index is 1.85. The number of nitrogens with zero attached hydrogens (tertiary/aromatic N) is 2. The van der Waals surface area contributed by atoms with E-state index in [1.807, 2.05) is 0 Å². The summed E-state index contributed by atoms with van der Waals surface area (Å²) in [6.45, 7) is 1.57. The average Bonchev–Trinajstić information content (AvgIpc) is 2.72. The largest absolute Gasteiger partial charge is 0.481 e. The van der Waals surface area contributed by atoms with Crippen LogP contribution in [0.25, 0.3) is 0 Å². The van der Waals surface area contributed by atoms with Gasteiger partial charge in [0.1, 0.15) is 0 Å². The van der Waals surface area contributed by atoms with E-state index in [9.17, 15) is 4.79 Å². The lowest BCUT2D eigenvalue weighted by Crippen LogP contribution is -2.36. The molecule has 2 bridgehead atoms. The van der Waals surface area contributed by atoms with Gasteiger partial charge in [-0.25, -0.2) is 0 Å². The van der Waals surface area contributed by atoms with E-state index in [0.29, 0.717) is 18.5 Å². The maximum atomic E-state index is 10.4. The van der Waals surface area contributed by atoms with Gasteiger partial charge in [-0.1, -0.05) is 0 Å². The third-order valence-corrected chi connectivity index (χ3v) is 3.43. The molecular weight excluding hydrogens is 180 g/mol. The third-order valence-electron chi connectivity index (χ3n) is 3.43. The molecular formula is C10H14N2O2. The average molecular weight is 194 g/mol. The van der Waals surface area contributed by atoms with Crippen molar-refractivity contribution in [2.75, 3.05) is 13.1 Å². The highest BCUT2D eigenvalue weighted by atomic mass is 16.4. The van der Waals surface area contributed by atoms with Gasteiger partial charge in [0, 0.05) is 19.1 Å². The number of carboxylic acid groups (broad SMARTS) is 1. The Kier molecular flexibility index (Phi) is 2.42. The van der Waals surface area contributed by atoms with Crippen LogP contribution in [-0.2, 0) is 4.79 Å². The number of carbonyl (C=O) groups is 1. The van der Waals surface area contributed by atoms with Gasteiger partial charge in [-0.3, -0.25) is 9.69 Å². The van der Waals surface area contributed by atoms with Crippen LogP contribution in [0.4, 0.5) is 0 Å². The zero-order valence-electron chi connectivity index (χ0n) is 8.02. The molecule has 0 aromatic heterocycles. The number of hydrogen-bond acceptors (Lipinski definition) is 3. The predicted molar refractivity (Wildman–Crippen MR) is 49.4 cm³/mol. The van der Waals surface area contributed by atoms with Crippen LogP contribution in [-0.4, -0.2) is 35.1 Å². The van der Waals surface area contributed by atoms with E-state index in [4.69, 9.17) is 10.4 Å². The van der Waals surface area contributed by atoms with Gasteiger partial charge in [0.2, 0.25) is 0 Å². The molecule has 3 atom stereocenters. The molecule has 0 radical (unpaired) electrons. The summed E-state index contributed by atoms with van der Waals surface area (Å²) in [4.78, 5) is 12.6. The molecule has 3 unspecified atom stereocenters. The third kappa shape index (κ3) is 1.60. The molecule has 1 saturated heterocycles. The highest BCUT2D eigenvalue weighted by molar-refractivity contribution is 5.66. The first-order chi connectivity index (χ1) is 6.70. The molecule has 1 saturated carbocycles. The molecule has 1 heterocycles. The number of piperidine rings is 1. The smallest absolute Gasteiger partial charge is 0.304 e. The van der Waals surface area contributed by atoms with Gasteiger partial charge >= 0.3 is 5.97 Å². The quantitative estimate of drug-likeness (QED) is 0.718. The van der Waals surface area contributed by atoms with E-state index in [1.54, 1.807) is 0 Å². The summed E-state index contributed by atoms with van der Waals surface area (Å²) in [5.41, 5.74) is 0. The molecule has 4 heteroatoms. The Morgan fingerprint density at radius 3 is 2.86 bits per heavy atom. The Morgan fingerprint density at radius 1 is 1.57 bits per heavy atom. The summed E-state index contributed by atoms with van der Waals surface area (Å²) in [6, 6.07) is 2.81. The van der Waals surface area contributed by atoms with Crippen LogP contribution in [0.1, 0.15) is 19.3 Å². The number of hydrogen-bond donors (Lipinski definition) is 1. The molecule has 14 heavy (non-hydrogen) atoms. The van der Waals surface area contributed by atoms with Crippen molar-refractivity contribution in [2.45, 2.75) is 25.3 Å². The van der Waals surface area contributed by atoms with Gasteiger partial charge in [0.25, 0.3) is 0 Å². The molecule has 4 nitrogen and oxygen atoms in total. The number of likely N-dealkylation sites (tertiary alicyclic amines) is 1. The Labute approximate surface area is 83.1 Å². The van der Waals surface area contributed by atoms with Crippen LogP contribution in [0.5, 0.6) is 0 Å². The van der Waals surface area contributed by atoms with Crippen molar-refractivity contribution in [1.82, 2.24) is 4.90 Å². The molecule has 2 rings (SSSR count). The van der Waals surface area contributed by atoms with Gasteiger partial charge in [-0.2, -0.15) is 5.26 Å². The Morgan fingerprint density at radius 2 is 2.36 bits per heavy atom. The van der Waals surface area contributed by atoms with Crippen molar-refractivity contribution in [2.24, 2.45) is 11.8 Å². The van der Waals surface area contributed by atoms with Crippen LogP contribution in [0.15, 0.2) is 0 Å². The monoisotopic (exact) mass is 194 g/mol. The number of rotatable bonds is 3. The van der Waals surface area contributed by atoms with E-state index < -0.39 is 5.97 Å². The van der Waals surface area contributed by atoms with E-state index in [0.717, 1.165) is 19.4 Å². The molecule has 1 N–H and O–H groups in total. The first kappa shape index (κ1) is 9.47. The first-order valence-electron chi connectivity index (χ1n) is 5.06.